The van der Waals surface area contributed by atoms with Gasteiger partial charge in [-0.3, -0.25) is 0 Å². The molecule has 0 saturated heterocycles. The van der Waals surface area contributed by atoms with Crippen molar-refractivity contribution in [3.8, 4) is 32.6 Å². The van der Waals surface area contributed by atoms with Crippen LogP contribution in [0.25, 0.3) is 21.1 Å². The molecule has 0 N–H and O–H groups in total. The summed E-state index contributed by atoms with van der Waals surface area (Å²) in [7, 11) is 3.28. The van der Waals surface area contributed by atoms with Crippen LogP contribution in [0.4, 0.5) is 0 Å². The van der Waals surface area contributed by atoms with E-state index < -0.39 is 0 Å². The highest BCUT2D eigenvalue weighted by Gasteiger charge is 2.11. The van der Waals surface area contributed by atoms with Crippen molar-refractivity contribution in [1.29, 1.82) is 0 Å². The topological polar surface area (TPSA) is 31.4 Å². The first kappa shape index (κ1) is 16.8. The van der Waals surface area contributed by atoms with Crippen LogP contribution in [0.1, 0.15) is 4.88 Å². The normalized spacial score (nSPS) is 10.1. The molecule has 6 heteroatoms. The molecule has 2 aromatic heterocycles. The Labute approximate surface area is 144 Å². The molecule has 3 rings (SSSR count). The molecule has 116 valence electrons. The Morgan fingerprint density at radius 2 is 1.77 bits per heavy atom. The molecule has 3 nitrogen and oxygen atoms in total. The second-order valence-corrected chi connectivity index (χ2v) is 6.66. The number of ether oxygens (including phenoxy) is 2. The molecule has 0 unspecified atom stereocenters. The largest absolute Gasteiger partial charge is 0.493 e. The number of thiazole rings is 1. The van der Waals surface area contributed by atoms with E-state index in [-0.39, 0.29) is 12.4 Å². The second kappa shape index (κ2) is 7.13. The molecule has 22 heavy (non-hydrogen) atoms. The fourth-order valence-electron chi connectivity index (χ4n) is 2.06. The van der Waals surface area contributed by atoms with Gasteiger partial charge in [0.2, 0.25) is 0 Å². The monoisotopic (exact) mass is 353 g/mol. The molecule has 0 fully saturated rings. The number of hydrogen-bond donors (Lipinski definition) is 0. The van der Waals surface area contributed by atoms with Gasteiger partial charge in [-0.1, -0.05) is 0 Å². The highest BCUT2D eigenvalue weighted by molar-refractivity contribution is 7.16. The smallest absolute Gasteiger partial charge is 0.161 e. The highest BCUT2D eigenvalue weighted by atomic mass is 35.5. The number of benzene rings is 1. The summed E-state index contributed by atoms with van der Waals surface area (Å²) >= 11 is 3.40. The maximum Gasteiger partial charge on any atom is 0.161 e. The number of thiophene rings is 1. The molecule has 0 aliphatic heterocycles. The first-order valence-electron chi connectivity index (χ1n) is 6.46. The summed E-state index contributed by atoms with van der Waals surface area (Å²) in [6, 6.07) is 10.1. The minimum absolute atomic E-state index is 0. The molecule has 0 atom stereocenters. The Morgan fingerprint density at radius 1 is 1.00 bits per heavy atom. The van der Waals surface area contributed by atoms with Crippen LogP contribution < -0.4 is 9.47 Å². The van der Waals surface area contributed by atoms with Crippen molar-refractivity contribution < 1.29 is 9.47 Å². The number of halogens is 1. The van der Waals surface area contributed by atoms with Gasteiger partial charge < -0.3 is 9.47 Å². The third-order valence-electron chi connectivity index (χ3n) is 3.13. The first-order chi connectivity index (χ1) is 10.2. The van der Waals surface area contributed by atoms with Crippen LogP contribution in [0.2, 0.25) is 0 Å². The van der Waals surface area contributed by atoms with Crippen LogP contribution in [0.3, 0.4) is 0 Å². The quantitative estimate of drug-likeness (QED) is 0.639. The molecule has 0 saturated carbocycles. The minimum atomic E-state index is 0. The van der Waals surface area contributed by atoms with Gasteiger partial charge in [-0.25, -0.2) is 4.98 Å². The van der Waals surface area contributed by atoms with Crippen molar-refractivity contribution >= 4 is 35.1 Å². The van der Waals surface area contributed by atoms with Crippen molar-refractivity contribution in [3.05, 3.63) is 40.6 Å². The third-order valence-corrected chi connectivity index (χ3v) is 5.04. The Kier molecular flexibility index (Phi) is 5.45. The lowest BCUT2D eigenvalue weighted by Gasteiger charge is -2.08. The number of aromatic nitrogens is 1. The van der Waals surface area contributed by atoms with Crippen molar-refractivity contribution in [2.24, 2.45) is 0 Å². The molecule has 0 bridgehead atoms. The van der Waals surface area contributed by atoms with Crippen LogP contribution in [-0.4, -0.2) is 19.2 Å². The zero-order chi connectivity index (χ0) is 14.8. The second-order valence-electron chi connectivity index (χ2n) is 4.52. The molecule has 2 heterocycles. The summed E-state index contributed by atoms with van der Waals surface area (Å²) in [5.41, 5.74) is 2.07. The predicted octanol–water partition coefficient (Wildman–Crippen LogP) is 5.29. The molecule has 0 aliphatic carbocycles. The Morgan fingerprint density at radius 3 is 2.41 bits per heavy atom. The van der Waals surface area contributed by atoms with Crippen LogP contribution in [0.5, 0.6) is 11.5 Å². The summed E-state index contributed by atoms with van der Waals surface area (Å²) in [4.78, 5) is 7.23. The van der Waals surface area contributed by atoms with E-state index in [0.29, 0.717) is 0 Å². The first-order valence-corrected chi connectivity index (χ1v) is 8.15. The third kappa shape index (κ3) is 3.27. The van der Waals surface area contributed by atoms with Gasteiger partial charge in [0.15, 0.2) is 11.5 Å². The Hall–Kier alpha value is -1.56. The van der Waals surface area contributed by atoms with Crippen LogP contribution >= 0.6 is 35.1 Å². The highest BCUT2D eigenvalue weighted by Crippen LogP contribution is 2.36. The van der Waals surface area contributed by atoms with Crippen molar-refractivity contribution in [2.75, 3.05) is 14.2 Å². The van der Waals surface area contributed by atoms with Crippen LogP contribution in [0, 0.1) is 6.92 Å². The number of methoxy groups -OCH3 is 2. The summed E-state index contributed by atoms with van der Waals surface area (Å²) in [5, 5.41) is 3.08. The van der Waals surface area contributed by atoms with E-state index in [1.165, 1.54) is 9.75 Å². The van der Waals surface area contributed by atoms with E-state index in [4.69, 9.17) is 14.5 Å². The van der Waals surface area contributed by atoms with Gasteiger partial charge in [0, 0.05) is 15.8 Å². The van der Waals surface area contributed by atoms with E-state index in [9.17, 15) is 0 Å². The van der Waals surface area contributed by atoms with Crippen molar-refractivity contribution in [3.63, 3.8) is 0 Å². The molecule has 0 spiro atoms. The lowest BCUT2D eigenvalue weighted by Crippen LogP contribution is -1.90. The molecule has 3 aromatic rings. The summed E-state index contributed by atoms with van der Waals surface area (Å²) in [6.45, 7) is 2.11. The van der Waals surface area contributed by atoms with E-state index in [0.717, 1.165) is 27.8 Å². The Balaban J connectivity index is 0.00000176. The van der Waals surface area contributed by atoms with Gasteiger partial charge in [0.05, 0.1) is 24.8 Å². The van der Waals surface area contributed by atoms with Crippen molar-refractivity contribution in [1.82, 2.24) is 4.98 Å². The van der Waals surface area contributed by atoms with Gasteiger partial charge in [-0.05, 0) is 37.3 Å². The number of aryl methyl sites for hydroxylation is 1. The lowest BCUT2D eigenvalue weighted by atomic mass is 10.2. The maximum atomic E-state index is 5.35. The fraction of sp³-hybridized carbons (Fsp3) is 0.188. The SMILES string of the molecule is COc1ccc(-c2nc(-c3ccc(C)s3)cs2)cc1OC.Cl. The predicted molar refractivity (Wildman–Crippen MR) is 96.0 cm³/mol. The Bertz CT molecular complexity index is 767. The van der Waals surface area contributed by atoms with Crippen LogP contribution in [0.15, 0.2) is 35.7 Å². The average Bonchev–Trinajstić information content (AvgIpc) is 3.15. The minimum Gasteiger partial charge on any atom is -0.493 e. The number of nitrogens with zero attached hydrogens (tertiary/aromatic N) is 1. The summed E-state index contributed by atoms with van der Waals surface area (Å²) in [5.74, 6) is 1.45. The molecule has 1 aromatic carbocycles. The van der Waals surface area contributed by atoms with Crippen molar-refractivity contribution in [2.45, 2.75) is 6.92 Å². The molecule has 0 amide bonds. The van der Waals surface area contributed by atoms with Gasteiger partial charge >= 0.3 is 0 Å². The van der Waals surface area contributed by atoms with E-state index in [1.807, 2.05) is 18.2 Å². The van der Waals surface area contributed by atoms with Gasteiger partial charge in [0.25, 0.3) is 0 Å². The number of rotatable bonds is 4. The van der Waals surface area contributed by atoms with Gasteiger partial charge in [-0.2, -0.15) is 0 Å². The zero-order valence-corrected chi connectivity index (χ0v) is 14.9. The maximum absolute atomic E-state index is 5.35. The molecule has 0 aliphatic rings. The number of hydrogen-bond acceptors (Lipinski definition) is 5. The lowest BCUT2D eigenvalue weighted by molar-refractivity contribution is 0.355. The van der Waals surface area contributed by atoms with E-state index in [2.05, 4.69) is 24.4 Å². The standard InChI is InChI=1S/C16H15NO2S2.ClH/c1-10-4-7-15(21-10)12-9-20-16(17-12)11-5-6-13(18-2)14(8-11)19-3;/h4-9H,1-3H3;1H. The van der Waals surface area contributed by atoms with Crippen LogP contribution in [-0.2, 0) is 0 Å². The van der Waals surface area contributed by atoms with E-state index >= 15 is 0 Å². The average molecular weight is 354 g/mol. The summed E-state index contributed by atoms with van der Waals surface area (Å²) < 4.78 is 10.6. The zero-order valence-electron chi connectivity index (χ0n) is 12.5. The van der Waals surface area contributed by atoms with Gasteiger partial charge in [-0.15, -0.1) is 35.1 Å². The fourth-order valence-corrected chi connectivity index (χ4v) is 3.78. The molecular formula is C16H16ClNO2S2. The molecule has 0 radical (unpaired) electrons. The summed E-state index contributed by atoms with van der Waals surface area (Å²) in [6.07, 6.45) is 0. The van der Waals surface area contributed by atoms with Gasteiger partial charge in [0.1, 0.15) is 5.01 Å². The molecular weight excluding hydrogens is 338 g/mol. The van der Waals surface area contributed by atoms with E-state index in [1.54, 1.807) is 36.9 Å².